The van der Waals surface area contributed by atoms with Gasteiger partial charge in [0.1, 0.15) is 4.90 Å². The van der Waals surface area contributed by atoms with Gasteiger partial charge < -0.3 is 0 Å². The number of nitrogens with one attached hydrogen (secondary N) is 1. The highest BCUT2D eigenvalue weighted by molar-refractivity contribution is 7.89. The van der Waals surface area contributed by atoms with Crippen LogP contribution < -0.4 is 4.72 Å². The summed E-state index contributed by atoms with van der Waals surface area (Å²) < 4.78 is 29.2. The van der Waals surface area contributed by atoms with Crippen molar-refractivity contribution in [3.05, 3.63) is 12.4 Å². The molecular weight excluding hydrogens is 276 g/mol. The zero-order chi connectivity index (χ0) is 14.9. The van der Waals surface area contributed by atoms with Crippen molar-refractivity contribution in [1.82, 2.24) is 19.4 Å². The molecule has 0 unspecified atom stereocenters. The molecule has 1 N–H and O–H groups in total. The molecule has 1 aromatic heterocycles. The van der Waals surface area contributed by atoms with Crippen molar-refractivity contribution in [2.45, 2.75) is 51.2 Å². The number of likely N-dealkylation sites (tertiary alicyclic amines) is 1. The Morgan fingerprint density at radius 3 is 2.65 bits per heavy atom. The van der Waals surface area contributed by atoms with E-state index in [0.717, 1.165) is 13.1 Å². The minimum Gasteiger partial charge on any atom is -0.299 e. The lowest BCUT2D eigenvalue weighted by atomic mass is 10.1. The molecule has 6 nitrogen and oxygen atoms in total. The summed E-state index contributed by atoms with van der Waals surface area (Å²) in [5, 5.41) is 4.02. The third kappa shape index (κ3) is 3.21. The molecule has 1 aromatic rings. The van der Waals surface area contributed by atoms with Crippen LogP contribution in [0.15, 0.2) is 17.3 Å². The van der Waals surface area contributed by atoms with Crippen LogP contribution in [0.3, 0.4) is 0 Å². The molecule has 0 saturated carbocycles. The van der Waals surface area contributed by atoms with Gasteiger partial charge in [-0.1, -0.05) is 6.92 Å². The van der Waals surface area contributed by atoms with E-state index >= 15 is 0 Å². The Balaban J connectivity index is 2.09. The Hall–Kier alpha value is -0.920. The van der Waals surface area contributed by atoms with Crippen molar-refractivity contribution in [3.63, 3.8) is 0 Å². The van der Waals surface area contributed by atoms with Gasteiger partial charge in [-0.05, 0) is 26.7 Å². The van der Waals surface area contributed by atoms with E-state index in [9.17, 15) is 8.42 Å². The molecule has 7 heteroatoms. The average molecular weight is 300 g/mol. The summed E-state index contributed by atoms with van der Waals surface area (Å²) >= 11 is 0. The number of rotatable bonds is 5. The summed E-state index contributed by atoms with van der Waals surface area (Å²) in [7, 11) is -3.48. The highest BCUT2D eigenvalue weighted by Crippen LogP contribution is 2.20. The summed E-state index contributed by atoms with van der Waals surface area (Å²) in [5.41, 5.74) is 0. The SMILES string of the molecule is CCn1cc(S(=O)(=O)N[C@H]2CN(C(C)C)C[C@@H]2C)cn1. The third-order valence-corrected chi connectivity index (χ3v) is 5.37. The third-order valence-electron chi connectivity index (χ3n) is 3.92. The highest BCUT2D eigenvalue weighted by atomic mass is 32.2. The van der Waals surface area contributed by atoms with E-state index in [1.807, 2.05) is 6.92 Å². The lowest BCUT2D eigenvalue weighted by molar-refractivity contribution is 0.265. The summed E-state index contributed by atoms with van der Waals surface area (Å²) in [6.45, 7) is 10.6. The minimum atomic E-state index is -3.48. The molecule has 0 radical (unpaired) electrons. The number of hydrogen-bond acceptors (Lipinski definition) is 4. The second kappa shape index (κ2) is 5.83. The van der Waals surface area contributed by atoms with Crippen molar-refractivity contribution >= 4 is 10.0 Å². The molecule has 0 spiro atoms. The van der Waals surface area contributed by atoms with Crippen molar-refractivity contribution in [3.8, 4) is 0 Å². The van der Waals surface area contributed by atoms with Crippen LogP contribution in [0.4, 0.5) is 0 Å². The Morgan fingerprint density at radius 1 is 1.45 bits per heavy atom. The lowest BCUT2D eigenvalue weighted by Gasteiger charge is -2.20. The number of sulfonamides is 1. The predicted molar refractivity (Wildman–Crippen MR) is 77.9 cm³/mol. The van der Waals surface area contributed by atoms with Gasteiger partial charge in [-0.15, -0.1) is 0 Å². The second-order valence-electron chi connectivity index (χ2n) is 5.78. The minimum absolute atomic E-state index is 0.0348. The maximum Gasteiger partial charge on any atom is 0.243 e. The van der Waals surface area contributed by atoms with Gasteiger partial charge in [-0.2, -0.15) is 5.10 Å². The number of nitrogens with zero attached hydrogens (tertiary/aromatic N) is 3. The molecule has 20 heavy (non-hydrogen) atoms. The number of hydrogen-bond donors (Lipinski definition) is 1. The summed E-state index contributed by atoms with van der Waals surface area (Å²) in [4.78, 5) is 2.54. The van der Waals surface area contributed by atoms with Gasteiger partial charge in [0, 0.05) is 37.9 Å². The van der Waals surface area contributed by atoms with Crippen LogP contribution in [0.5, 0.6) is 0 Å². The van der Waals surface area contributed by atoms with Gasteiger partial charge in [0.2, 0.25) is 10.0 Å². The van der Waals surface area contributed by atoms with E-state index in [4.69, 9.17) is 0 Å². The largest absolute Gasteiger partial charge is 0.299 e. The quantitative estimate of drug-likeness (QED) is 0.878. The van der Waals surface area contributed by atoms with E-state index in [1.165, 1.54) is 6.20 Å². The Morgan fingerprint density at radius 2 is 2.15 bits per heavy atom. The van der Waals surface area contributed by atoms with Crippen LogP contribution >= 0.6 is 0 Å². The maximum atomic E-state index is 12.4. The maximum absolute atomic E-state index is 12.4. The molecule has 2 heterocycles. The molecule has 0 amide bonds. The molecule has 1 fully saturated rings. The van der Waals surface area contributed by atoms with Gasteiger partial charge in [0.25, 0.3) is 0 Å². The first-order chi connectivity index (χ1) is 9.33. The Bertz CT molecular complexity index is 552. The fraction of sp³-hybridized carbons (Fsp3) is 0.769. The van der Waals surface area contributed by atoms with E-state index in [1.54, 1.807) is 10.9 Å². The monoisotopic (exact) mass is 300 g/mol. The fourth-order valence-electron chi connectivity index (χ4n) is 2.50. The molecule has 0 aliphatic carbocycles. The number of aryl methyl sites for hydroxylation is 1. The van der Waals surface area contributed by atoms with Crippen molar-refractivity contribution in [2.75, 3.05) is 13.1 Å². The molecule has 0 bridgehead atoms. The van der Waals surface area contributed by atoms with E-state index in [-0.39, 0.29) is 10.9 Å². The summed E-state index contributed by atoms with van der Waals surface area (Å²) in [5.74, 6) is 0.313. The normalized spacial score (nSPS) is 24.6. The van der Waals surface area contributed by atoms with Gasteiger partial charge in [0.05, 0.1) is 6.20 Å². The van der Waals surface area contributed by atoms with Gasteiger partial charge in [-0.25, -0.2) is 13.1 Å². The molecular formula is C13H24N4O2S. The van der Waals surface area contributed by atoms with E-state index < -0.39 is 10.0 Å². The first kappa shape index (κ1) is 15.5. The fourth-order valence-corrected chi connectivity index (χ4v) is 3.79. The van der Waals surface area contributed by atoms with E-state index in [2.05, 4.69) is 35.5 Å². The van der Waals surface area contributed by atoms with Crippen LogP contribution in [0.1, 0.15) is 27.7 Å². The van der Waals surface area contributed by atoms with Gasteiger partial charge >= 0.3 is 0 Å². The Labute approximate surface area is 121 Å². The van der Waals surface area contributed by atoms with Crippen molar-refractivity contribution < 1.29 is 8.42 Å². The van der Waals surface area contributed by atoms with Crippen LogP contribution in [-0.2, 0) is 16.6 Å². The predicted octanol–water partition coefficient (Wildman–Crippen LogP) is 0.910. The summed E-state index contributed by atoms with van der Waals surface area (Å²) in [6.07, 6.45) is 2.98. The smallest absolute Gasteiger partial charge is 0.243 e. The molecule has 2 atom stereocenters. The zero-order valence-corrected chi connectivity index (χ0v) is 13.4. The van der Waals surface area contributed by atoms with Crippen LogP contribution in [0.2, 0.25) is 0 Å². The molecule has 2 rings (SSSR count). The second-order valence-corrected chi connectivity index (χ2v) is 7.50. The van der Waals surface area contributed by atoms with Gasteiger partial charge in [0.15, 0.2) is 0 Å². The first-order valence-electron chi connectivity index (χ1n) is 7.12. The molecule has 1 saturated heterocycles. The van der Waals surface area contributed by atoms with Crippen LogP contribution in [0.25, 0.3) is 0 Å². The first-order valence-corrected chi connectivity index (χ1v) is 8.60. The highest BCUT2D eigenvalue weighted by Gasteiger charge is 2.34. The molecule has 0 aromatic carbocycles. The van der Waals surface area contributed by atoms with Crippen molar-refractivity contribution in [2.24, 2.45) is 5.92 Å². The standard InChI is InChI=1S/C13H24N4O2S/c1-5-17-8-12(6-14-17)20(18,19)15-13-9-16(10(2)3)7-11(13)4/h6,8,10-11,13,15H,5,7,9H2,1-4H3/t11-,13-/m0/s1. The molecule has 1 aliphatic heterocycles. The molecule has 114 valence electrons. The van der Waals surface area contributed by atoms with Crippen LogP contribution in [0, 0.1) is 5.92 Å². The average Bonchev–Trinajstić information content (AvgIpc) is 2.97. The molecule has 1 aliphatic rings. The van der Waals surface area contributed by atoms with Crippen LogP contribution in [-0.4, -0.2) is 48.3 Å². The lowest BCUT2D eigenvalue weighted by Crippen LogP contribution is -2.40. The summed E-state index contributed by atoms with van der Waals surface area (Å²) in [6, 6.07) is 0.405. The Kier molecular flexibility index (Phi) is 4.51. The number of aromatic nitrogens is 2. The topological polar surface area (TPSA) is 67.2 Å². The van der Waals surface area contributed by atoms with Crippen molar-refractivity contribution in [1.29, 1.82) is 0 Å². The van der Waals surface area contributed by atoms with Gasteiger partial charge in [-0.3, -0.25) is 9.58 Å². The van der Waals surface area contributed by atoms with E-state index in [0.29, 0.717) is 18.5 Å². The zero-order valence-electron chi connectivity index (χ0n) is 12.6.